The maximum atomic E-state index is 12.3. The average molecular weight is 490 g/mol. The Morgan fingerprint density at radius 1 is 1.07 bits per heavy atom. The topological polar surface area (TPSA) is 107 Å². The molecule has 0 spiro atoms. The molecular weight excluding hydrogens is 470 g/mol. The van der Waals surface area contributed by atoms with Crippen molar-refractivity contribution >= 4 is 47.2 Å². The zero-order valence-corrected chi connectivity index (χ0v) is 18.3. The van der Waals surface area contributed by atoms with Gasteiger partial charge in [-0.3, -0.25) is 4.79 Å². The van der Waals surface area contributed by atoms with Crippen LogP contribution in [0.2, 0.25) is 0 Å². The fourth-order valence-electron chi connectivity index (χ4n) is 2.30. The predicted octanol–water partition coefficient (Wildman–Crippen LogP) is 2.43. The Labute approximate surface area is 173 Å². The van der Waals surface area contributed by atoms with E-state index in [9.17, 15) is 21.6 Å². The molecule has 28 heavy (non-hydrogen) atoms. The van der Waals surface area contributed by atoms with Gasteiger partial charge in [0.25, 0.3) is 0 Å². The van der Waals surface area contributed by atoms with Crippen molar-refractivity contribution in [3.05, 3.63) is 58.6 Å². The standard InChI is InChI=1S/C18H20BrNO6S2/c1-27(22,23)9-8-26-17-7-3-6-16(11-17)20-18(21)13-28(24,25)12-14-4-2-5-15(19)10-14/h2-7,10-11H,8-9,12-13H2,1H3,(H,20,21). The molecule has 2 aromatic carbocycles. The molecule has 0 heterocycles. The van der Waals surface area contributed by atoms with Crippen molar-refractivity contribution in [3.8, 4) is 5.75 Å². The van der Waals surface area contributed by atoms with Gasteiger partial charge in [0.2, 0.25) is 5.91 Å². The minimum atomic E-state index is -3.64. The third-order valence-corrected chi connectivity index (χ3v) is 6.34. The summed E-state index contributed by atoms with van der Waals surface area (Å²) in [6.45, 7) is -0.0166. The molecule has 1 N–H and O–H groups in total. The molecule has 1 amide bonds. The van der Waals surface area contributed by atoms with Crippen LogP contribution in [0.25, 0.3) is 0 Å². The predicted molar refractivity (Wildman–Crippen MR) is 112 cm³/mol. The van der Waals surface area contributed by atoms with Gasteiger partial charge < -0.3 is 10.1 Å². The number of sulfone groups is 2. The zero-order chi connectivity index (χ0) is 20.8. The number of anilines is 1. The van der Waals surface area contributed by atoms with Gasteiger partial charge in [-0.05, 0) is 29.8 Å². The number of ether oxygens (including phenoxy) is 1. The van der Waals surface area contributed by atoms with Crippen molar-refractivity contribution in [1.29, 1.82) is 0 Å². The first-order chi connectivity index (χ1) is 13.0. The summed E-state index contributed by atoms with van der Waals surface area (Å²) in [5.74, 6) is -1.31. The molecule has 0 aromatic heterocycles. The summed E-state index contributed by atoms with van der Waals surface area (Å²) in [5.41, 5.74) is 0.947. The summed E-state index contributed by atoms with van der Waals surface area (Å²) in [4.78, 5) is 12.1. The lowest BCUT2D eigenvalue weighted by molar-refractivity contribution is -0.113. The molecule has 0 aliphatic heterocycles. The Kier molecular flexibility index (Phi) is 7.62. The van der Waals surface area contributed by atoms with Crippen molar-refractivity contribution in [3.63, 3.8) is 0 Å². The van der Waals surface area contributed by atoms with E-state index >= 15 is 0 Å². The molecule has 0 aliphatic rings. The summed E-state index contributed by atoms with van der Waals surface area (Å²) in [6.07, 6.45) is 1.11. The van der Waals surface area contributed by atoms with E-state index in [4.69, 9.17) is 4.74 Å². The summed E-state index contributed by atoms with van der Waals surface area (Å²) < 4.78 is 52.9. The Hall–Kier alpha value is -1.91. The van der Waals surface area contributed by atoms with Gasteiger partial charge in [0.15, 0.2) is 19.7 Å². The molecule has 0 fully saturated rings. The van der Waals surface area contributed by atoms with E-state index in [2.05, 4.69) is 21.2 Å². The van der Waals surface area contributed by atoms with Crippen LogP contribution in [-0.4, -0.2) is 47.1 Å². The minimum absolute atomic E-state index is 0.0166. The van der Waals surface area contributed by atoms with Crippen LogP contribution in [0.3, 0.4) is 0 Å². The third kappa shape index (κ3) is 8.41. The lowest BCUT2D eigenvalue weighted by Gasteiger charge is -2.09. The first-order valence-electron chi connectivity index (χ1n) is 8.18. The van der Waals surface area contributed by atoms with E-state index in [1.54, 1.807) is 42.5 Å². The van der Waals surface area contributed by atoms with Crippen LogP contribution < -0.4 is 10.1 Å². The van der Waals surface area contributed by atoms with Crippen molar-refractivity contribution < 1.29 is 26.4 Å². The van der Waals surface area contributed by atoms with E-state index in [0.29, 0.717) is 17.0 Å². The molecule has 2 rings (SSSR count). The van der Waals surface area contributed by atoms with E-state index in [1.807, 2.05) is 0 Å². The summed E-state index contributed by atoms with van der Waals surface area (Å²) in [6, 6.07) is 13.2. The van der Waals surface area contributed by atoms with Gasteiger partial charge in [0, 0.05) is 22.5 Å². The molecule has 10 heteroatoms. The number of nitrogens with one attached hydrogen (secondary N) is 1. The van der Waals surface area contributed by atoms with Gasteiger partial charge in [-0.25, -0.2) is 16.8 Å². The lowest BCUT2D eigenvalue weighted by atomic mass is 10.2. The van der Waals surface area contributed by atoms with Crippen LogP contribution in [0.5, 0.6) is 5.75 Å². The monoisotopic (exact) mass is 489 g/mol. The van der Waals surface area contributed by atoms with E-state index < -0.39 is 31.3 Å². The van der Waals surface area contributed by atoms with Gasteiger partial charge in [0.1, 0.15) is 18.1 Å². The highest BCUT2D eigenvalue weighted by molar-refractivity contribution is 9.10. The average Bonchev–Trinajstić information content (AvgIpc) is 2.52. The maximum Gasteiger partial charge on any atom is 0.239 e. The van der Waals surface area contributed by atoms with Gasteiger partial charge in [0.05, 0.1) is 11.5 Å². The number of amides is 1. The first kappa shape index (κ1) is 22.4. The smallest absolute Gasteiger partial charge is 0.239 e. The number of hydrogen-bond acceptors (Lipinski definition) is 6. The zero-order valence-electron chi connectivity index (χ0n) is 15.1. The highest BCUT2D eigenvalue weighted by atomic mass is 79.9. The second-order valence-electron chi connectivity index (χ2n) is 6.22. The number of carbonyl (C=O) groups excluding carboxylic acids is 1. The molecule has 152 valence electrons. The van der Waals surface area contributed by atoms with Crippen molar-refractivity contribution in [1.82, 2.24) is 0 Å². The molecule has 0 unspecified atom stereocenters. The van der Waals surface area contributed by atoms with E-state index in [0.717, 1.165) is 10.7 Å². The molecule has 0 atom stereocenters. The van der Waals surface area contributed by atoms with Gasteiger partial charge in [-0.15, -0.1) is 0 Å². The van der Waals surface area contributed by atoms with E-state index in [-0.39, 0.29) is 18.1 Å². The van der Waals surface area contributed by atoms with Gasteiger partial charge in [-0.2, -0.15) is 0 Å². The number of halogens is 1. The highest BCUT2D eigenvalue weighted by Gasteiger charge is 2.18. The van der Waals surface area contributed by atoms with Crippen LogP contribution in [0, 0.1) is 0 Å². The first-order valence-corrected chi connectivity index (χ1v) is 12.9. The van der Waals surface area contributed by atoms with E-state index in [1.165, 1.54) is 6.07 Å². The number of rotatable bonds is 9. The minimum Gasteiger partial charge on any atom is -0.492 e. The molecule has 0 saturated carbocycles. The van der Waals surface area contributed by atoms with Crippen molar-refractivity contribution in [2.75, 3.05) is 29.7 Å². The van der Waals surface area contributed by atoms with Crippen LogP contribution in [0.15, 0.2) is 53.0 Å². The Morgan fingerprint density at radius 3 is 2.46 bits per heavy atom. The van der Waals surface area contributed by atoms with Crippen molar-refractivity contribution in [2.24, 2.45) is 0 Å². The molecule has 0 bridgehead atoms. The molecule has 2 aromatic rings. The summed E-state index contributed by atoms with van der Waals surface area (Å²) in [7, 11) is -6.78. The van der Waals surface area contributed by atoms with Crippen molar-refractivity contribution in [2.45, 2.75) is 5.75 Å². The van der Waals surface area contributed by atoms with Crippen LogP contribution >= 0.6 is 15.9 Å². The molecular formula is C18H20BrNO6S2. The molecule has 0 aliphatic carbocycles. The second-order valence-corrected chi connectivity index (χ2v) is 11.5. The van der Waals surface area contributed by atoms with Gasteiger partial charge >= 0.3 is 0 Å². The SMILES string of the molecule is CS(=O)(=O)CCOc1cccc(NC(=O)CS(=O)(=O)Cc2cccc(Br)c2)c1. The van der Waals surface area contributed by atoms with Crippen LogP contribution in [-0.2, 0) is 30.2 Å². The summed E-state index contributed by atoms with van der Waals surface area (Å²) >= 11 is 3.28. The molecule has 7 nitrogen and oxygen atoms in total. The Balaban J connectivity index is 1.94. The maximum absolute atomic E-state index is 12.3. The highest BCUT2D eigenvalue weighted by Crippen LogP contribution is 2.18. The Bertz CT molecular complexity index is 1050. The van der Waals surface area contributed by atoms with Crippen LogP contribution in [0.1, 0.15) is 5.56 Å². The second kappa shape index (κ2) is 9.53. The lowest BCUT2D eigenvalue weighted by Crippen LogP contribution is -2.24. The number of benzene rings is 2. The fraction of sp³-hybridized carbons (Fsp3) is 0.278. The molecule has 0 radical (unpaired) electrons. The normalized spacial score (nSPS) is 11.8. The fourth-order valence-corrected chi connectivity index (χ4v) is 4.40. The van der Waals surface area contributed by atoms with Gasteiger partial charge in [-0.1, -0.05) is 34.1 Å². The molecule has 0 saturated heterocycles. The van der Waals surface area contributed by atoms with Crippen LogP contribution in [0.4, 0.5) is 5.69 Å². The number of carbonyl (C=O) groups is 1. The Morgan fingerprint density at radius 2 is 1.79 bits per heavy atom. The number of hydrogen-bond donors (Lipinski definition) is 1. The third-order valence-electron chi connectivity index (χ3n) is 3.47. The quantitative estimate of drug-likeness (QED) is 0.579. The largest absolute Gasteiger partial charge is 0.492 e. The summed E-state index contributed by atoms with van der Waals surface area (Å²) in [5, 5.41) is 2.52.